The highest BCUT2D eigenvalue weighted by atomic mass is 16.5. The van der Waals surface area contributed by atoms with Crippen LogP contribution in [0.1, 0.15) is 44.9 Å². The number of carbonyl (C=O) groups is 1. The molecule has 3 aliphatic rings. The van der Waals surface area contributed by atoms with Gasteiger partial charge in [-0.05, 0) is 38.6 Å². The van der Waals surface area contributed by atoms with E-state index in [0.717, 1.165) is 45.2 Å². The van der Waals surface area contributed by atoms with E-state index in [1.165, 1.54) is 12.8 Å². The van der Waals surface area contributed by atoms with Gasteiger partial charge in [-0.15, -0.1) is 0 Å². The average molecular weight is 310 g/mol. The van der Waals surface area contributed by atoms with Crippen LogP contribution in [-0.2, 0) is 9.53 Å². The molecule has 4 atom stereocenters. The van der Waals surface area contributed by atoms with E-state index in [2.05, 4.69) is 9.80 Å². The summed E-state index contributed by atoms with van der Waals surface area (Å²) in [5.41, 5.74) is 0. The number of aliphatic hydroxyl groups excluding tert-OH is 1. The second kappa shape index (κ2) is 7.28. The molecule has 0 aromatic rings. The third-order valence-corrected chi connectivity index (χ3v) is 5.62. The van der Waals surface area contributed by atoms with Gasteiger partial charge in [0.1, 0.15) is 0 Å². The molecule has 3 rings (SSSR count). The third kappa shape index (κ3) is 3.63. The van der Waals surface area contributed by atoms with Crippen LogP contribution < -0.4 is 0 Å². The van der Waals surface area contributed by atoms with Crippen LogP contribution in [0.5, 0.6) is 0 Å². The van der Waals surface area contributed by atoms with Crippen LogP contribution in [0.4, 0.5) is 0 Å². The van der Waals surface area contributed by atoms with Crippen LogP contribution in [0, 0.1) is 5.92 Å². The first kappa shape index (κ1) is 16.2. The van der Waals surface area contributed by atoms with Crippen molar-refractivity contribution in [3.05, 3.63) is 0 Å². The van der Waals surface area contributed by atoms with E-state index in [9.17, 15) is 9.90 Å². The minimum absolute atomic E-state index is 0.177. The standard InChI is InChI=1S/C17H30N2O3/c1-18(11-13-5-4-7-15(13)20)12-17(21)19-9-10-22-16-8-3-2-6-14(16)19/h13-16,20H,2-12H2,1H3. The predicted octanol–water partition coefficient (Wildman–Crippen LogP) is 1.25. The average Bonchev–Trinajstić information content (AvgIpc) is 2.91. The van der Waals surface area contributed by atoms with E-state index in [4.69, 9.17) is 4.74 Å². The summed E-state index contributed by atoms with van der Waals surface area (Å²) in [4.78, 5) is 16.8. The summed E-state index contributed by atoms with van der Waals surface area (Å²) >= 11 is 0. The van der Waals surface area contributed by atoms with Gasteiger partial charge < -0.3 is 14.7 Å². The number of hydrogen-bond acceptors (Lipinski definition) is 4. The zero-order valence-electron chi connectivity index (χ0n) is 13.7. The quantitative estimate of drug-likeness (QED) is 0.849. The number of aliphatic hydroxyl groups is 1. The highest BCUT2D eigenvalue weighted by Gasteiger charge is 2.37. The molecule has 0 aromatic carbocycles. The molecule has 4 unspecified atom stereocenters. The SMILES string of the molecule is CN(CC(=O)N1CCOC2CCCCC21)CC1CCCC1O. The molecule has 0 bridgehead atoms. The Kier molecular flexibility index (Phi) is 5.37. The number of nitrogens with zero attached hydrogens (tertiary/aromatic N) is 2. The molecule has 3 fully saturated rings. The highest BCUT2D eigenvalue weighted by molar-refractivity contribution is 5.78. The Morgan fingerprint density at radius 1 is 1.23 bits per heavy atom. The zero-order chi connectivity index (χ0) is 15.5. The fraction of sp³-hybridized carbons (Fsp3) is 0.941. The van der Waals surface area contributed by atoms with Crippen LogP contribution in [0.3, 0.4) is 0 Å². The maximum Gasteiger partial charge on any atom is 0.237 e. The fourth-order valence-corrected chi connectivity index (χ4v) is 4.42. The molecule has 1 heterocycles. The second-order valence-electron chi connectivity index (χ2n) is 7.30. The van der Waals surface area contributed by atoms with Gasteiger partial charge in [-0.3, -0.25) is 9.69 Å². The molecule has 1 N–H and O–H groups in total. The van der Waals surface area contributed by atoms with Gasteiger partial charge in [-0.1, -0.05) is 19.3 Å². The first-order chi connectivity index (χ1) is 10.6. The lowest BCUT2D eigenvalue weighted by atomic mass is 9.90. The van der Waals surface area contributed by atoms with Crippen LogP contribution >= 0.6 is 0 Å². The van der Waals surface area contributed by atoms with Crippen LogP contribution in [0.25, 0.3) is 0 Å². The maximum absolute atomic E-state index is 12.7. The molecule has 0 radical (unpaired) electrons. The van der Waals surface area contributed by atoms with Crippen molar-refractivity contribution in [2.24, 2.45) is 5.92 Å². The van der Waals surface area contributed by atoms with Crippen LogP contribution in [0.15, 0.2) is 0 Å². The van der Waals surface area contributed by atoms with Crippen LogP contribution in [-0.4, -0.2) is 72.4 Å². The van der Waals surface area contributed by atoms with E-state index in [-0.39, 0.29) is 18.1 Å². The lowest BCUT2D eigenvalue weighted by molar-refractivity contribution is -0.150. The topological polar surface area (TPSA) is 53.0 Å². The molecule has 0 aromatic heterocycles. The van der Waals surface area contributed by atoms with Crippen molar-refractivity contribution in [1.29, 1.82) is 0 Å². The van der Waals surface area contributed by atoms with Crippen molar-refractivity contribution >= 4 is 5.91 Å². The fourth-order valence-electron chi connectivity index (χ4n) is 4.42. The Hall–Kier alpha value is -0.650. The molecule has 2 aliphatic carbocycles. The van der Waals surface area contributed by atoms with Gasteiger partial charge in [0.15, 0.2) is 0 Å². The molecule has 5 nitrogen and oxygen atoms in total. The second-order valence-corrected chi connectivity index (χ2v) is 7.30. The largest absolute Gasteiger partial charge is 0.393 e. The van der Waals surface area contributed by atoms with Crippen molar-refractivity contribution in [3.8, 4) is 0 Å². The minimum Gasteiger partial charge on any atom is -0.393 e. The van der Waals surface area contributed by atoms with Gasteiger partial charge in [0.2, 0.25) is 5.91 Å². The van der Waals surface area contributed by atoms with E-state index in [1.807, 2.05) is 7.05 Å². The van der Waals surface area contributed by atoms with Gasteiger partial charge in [-0.2, -0.15) is 0 Å². The van der Waals surface area contributed by atoms with Crippen molar-refractivity contribution in [1.82, 2.24) is 9.80 Å². The number of rotatable bonds is 4. The number of carbonyl (C=O) groups excluding carboxylic acids is 1. The third-order valence-electron chi connectivity index (χ3n) is 5.62. The van der Waals surface area contributed by atoms with Gasteiger partial charge in [0, 0.05) is 13.1 Å². The first-order valence-corrected chi connectivity index (χ1v) is 8.93. The molecule has 1 aliphatic heterocycles. The summed E-state index contributed by atoms with van der Waals surface area (Å²) in [5, 5.41) is 9.94. The molecule has 2 saturated carbocycles. The van der Waals surface area contributed by atoms with Gasteiger partial charge in [0.25, 0.3) is 0 Å². The summed E-state index contributed by atoms with van der Waals surface area (Å²) in [6, 6.07) is 0.292. The van der Waals surface area contributed by atoms with Crippen molar-refractivity contribution in [2.75, 3.05) is 33.3 Å². The Labute approximate surface area is 133 Å². The van der Waals surface area contributed by atoms with E-state index < -0.39 is 0 Å². The predicted molar refractivity (Wildman–Crippen MR) is 84.6 cm³/mol. The van der Waals surface area contributed by atoms with Gasteiger partial charge in [0.05, 0.1) is 31.4 Å². The normalized spacial score (nSPS) is 35.7. The molecule has 1 amide bonds. The maximum atomic E-state index is 12.7. The Bertz CT molecular complexity index is 388. The Morgan fingerprint density at radius 2 is 2.05 bits per heavy atom. The van der Waals surface area contributed by atoms with Crippen LogP contribution in [0.2, 0.25) is 0 Å². The smallest absolute Gasteiger partial charge is 0.237 e. The summed E-state index contributed by atoms with van der Waals surface area (Å²) in [5.74, 6) is 0.570. The molecule has 126 valence electrons. The van der Waals surface area contributed by atoms with Gasteiger partial charge in [-0.25, -0.2) is 0 Å². The van der Waals surface area contributed by atoms with E-state index in [1.54, 1.807) is 0 Å². The summed E-state index contributed by atoms with van der Waals surface area (Å²) in [7, 11) is 2.00. The molecule has 1 saturated heterocycles. The monoisotopic (exact) mass is 310 g/mol. The molecule has 22 heavy (non-hydrogen) atoms. The number of likely N-dealkylation sites (N-methyl/N-ethyl adjacent to an activating group) is 1. The number of amides is 1. The highest BCUT2D eigenvalue weighted by Crippen LogP contribution is 2.29. The Balaban J connectivity index is 1.51. The van der Waals surface area contributed by atoms with Crippen molar-refractivity contribution in [3.63, 3.8) is 0 Å². The Morgan fingerprint density at radius 3 is 2.82 bits per heavy atom. The lowest BCUT2D eigenvalue weighted by Crippen LogP contribution is -2.56. The lowest BCUT2D eigenvalue weighted by Gasteiger charge is -2.44. The summed E-state index contributed by atoms with van der Waals surface area (Å²) in [6.07, 6.45) is 7.81. The van der Waals surface area contributed by atoms with Crippen molar-refractivity contribution < 1.29 is 14.6 Å². The molecular formula is C17H30N2O3. The minimum atomic E-state index is -0.177. The zero-order valence-corrected chi connectivity index (χ0v) is 13.7. The van der Waals surface area contributed by atoms with Gasteiger partial charge >= 0.3 is 0 Å². The summed E-state index contributed by atoms with van der Waals surface area (Å²) in [6.45, 7) is 2.70. The number of hydrogen-bond donors (Lipinski definition) is 1. The molecule has 5 heteroatoms. The first-order valence-electron chi connectivity index (χ1n) is 8.93. The van der Waals surface area contributed by atoms with E-state index in [0.29, 0.717) is 25.1 Å². The number of fused-ring (bicyclic) bond motifs is 1. The van der Waals surface area contributed by atoms with Crippen molar-refractivity contribution in [2.45, 2.75) is 63.2 Å². The molecular weight excluding hydrogens is 280 g/mol. The number of morpholine rings is 1. The van der Waals surface area contributed by atoms with E-state index >= 15 is 0 Å². The number of ether oxygens (including phenoxy) is 1. The molecule has 0 spiro atoms. The summed E-state index contributed by atoms with van der Waals surface area (Å²) < 4.78 is 5.85.